The van der Waals surface area contributed by atoms with Crippen molar-refractivity contribution in [2.75, 3.05) is 0 Å². The number of carbonyl (C=O) groups is 1. The van der Waals surface area contributed by atoms with E-state index in [0.717, 1.165) is 12.1 Å². The van der Waals surface area contributed by atoms with Gasteiger partial charge in [-0.15, -0.1) is 4.40 Å². The van der Waals surface area contributed by atoms with E-state index in [1.165, 1.54) is 16.8 Å². The quantitative estimate of drug-likeness (QED) is 0.261. The predicted molar refractivity (Wildman–Crippen MR) is 131 cm³/mol. The summed E-state index contributed by atoms with van der Waals surface area (Å²) in [6, 6.07) is 25.8. The van der Waals surface area contributed by atoms with E-state index < -0.39 is 15.8 Å². The molecule has 0 radical (unpaired) electrons. The molecule has 1 heterocycles. The molecule has 35 heavy (non-hydrogen) atoms. The maximum Gasteiger partial charge on any atom is 0.284 e. The molecular formula is C27H16FN3O3S. The summed E-state index contributed by atoms with van der Waals surface area (Å²) in [5.74, 6) is -0.598. The first kappa shape index (κ1) is 21.1. The minimum absolute atomic E-state index is 0.0650. The average Bonchev–Trinajstić information content (AvgIpc) is 3.27. The number of carbonyl (C=O) groups excluding carboxylic acids is 1. The Morgan fingerprint density at radius 3 is 2.17 bits per heavy atom. The Morgan fingerprint density at radius 1 is 0.771 bits per heavy atom. The first-order valence-electron chi connectivity index (χ1n) is 10.8. The van der Waals surface area contributed by atoms with Gasteiger partial charge in [-0.2, -0.15) is 13.5 Å². The molecule has 0 amide bonds. The number of rotatable bonds is 3. The molecule has 0 saturated heterocycles. The molecule has 0 bridgehead atoms. The van der Waals surface area contributed by atoms with Gasteiger partial charge in [-0.25, -0.2) is 9.07 Å². The number of nitrogens with zero attached hydrogens (tertiary/aromatic N) is 3. The lowest BCUT2D eigenvalue weighted by atomic mass is 9.87. The van der Waals surface area contributed by atoms with Gasteiger partial charge in [0.2, 0.25) is 0 Å². The van der Waals surface area contributed by atoms with Crippen LogP contribution in [0.4, 0.5) is 4.39 Å². The number of fused-ring (bicyclic) bond motifs is 2. The normalized spacial score (nSPS) is 13.2. The van der Waals surface area contributed by atoms with Gasteiger partial charge in [-0.05, 0) is 30.3 Å². The van der Waals surface area contributed by atoms with E-state index in [0.29, 0.717) is 38.9 Å². The number of aromatic nitrogens is 2. The number of halogens is 1. The zero-order valence-corrected chi connectivity index (χ0v) is 18.9. The first-order valence-corrected chi connectivity index (χ1v) is 12.2. The summed E-state index contributed by atoms with van der Waals surface area (Å²) < 4.78 is 45.5. The van der Waals surface area contributed by atoms with Crippen molar-refractivity contribution in [1.29, 1.82) is 0 Å². The van der Waals surface area contributed by atoms with E-state index in [-0.39, 0.29) is 16.5 Å². The maximum absolute atomic E-state index is 13.4. The highest BCUT2D eigenvalue weighted by molar-refractivity contribution is 7.90. The average molecular weight is 482 g/mol. The largest absolute Gasteiger partial charge is 0.289 e. The van der Waals surface area contributed by atoms with Crippen molar-refractivity contribution in [2.45, 2.75) is 4.90 Å². The fourth-order valence-electron chi connectivity index (χ4n) is 4.32. The summed E-state index contributed by atoms with van der Waals surface area (Å²) in [6.07, 6.45) is 0. The molecule has 0 atom stereocenters. The molecule has 170 valence electrons. The molecule has 1 aliphatic rings. The summed E-state index contributed by atoms with van der Waals surface area (Å²) >= 11 is 0. The molecular weight excluding hydrogens is 465 g/mol. The lowest BCUT2D eigenvalue weighted by Crippen LogP contribution is -2.17. The van der Waals surface area contributed by atoms with Crippen molar-refractivity contribution < 1.29 is 17.6 Å². The van der Waals surface area contributed by atoms with Gasteiger partial charge < -0.3 is 0 Å². The monoisotopic (exact) mass is 481 g/mol. The molecule has 4 aromatic carbocycles. The highest BCUT2D eigenvalue weighted by atomic mass is 32.2. The second-order valence-corrected chi connectivity index (χ2v) is 9.65. The van der Waals surface area contributed by atoms with Crippen LogP contribution in [0.5, 0.6) is 0 Å². The maximum atomic E-state index is 13.4. The zero-order chi connectivity index (χ0) is 24.2. The Labute approximate surface area is 200 Å². The van der Waals surface area contributed by atoms with Gasteiger partial charge in [0.05, 0.1) is 10.4 Å². The lowest BCUT2D eigenvalue weighted by Gasteiger charge is -2.13. The van der Waals surface area contributed by atoms with Crippen molar-refractivity contribution in [2.24, 2.45) is 4.40 Å². The lowest BCUT2D eigenvalue weighted by molar-refractivity contribution is 0.104. The van der Waals surface area contributed by atoms with Gasteiger partial charge in [0.25, 0.3) is 10.0 Å². The van der Waals surface area contributed by atoms with Crippen LogP contribution in [-0.4, -0.2) is 29.8 Å². The van der Waals surface area contributed by atoms with E-state index in [4.69, 9.17) is 5.10 Å². The Balaban J connectivity index is 1.66. The fourth-order valence-corrected chi connectivity index (χ4v) is 5.31. The third-order valence-corrected chi connectivity index (χ3v) is 7.21. The van der Waals surface area contributed by atoms with Crippen molar-refractivity contribution in [3.8, 4) is 11.3 Å². The summed E-state index contributed by atoms with van der Waals surface area (Å²) in [5.41, 5.74) is 3.35. The van der Waals surface area contributed by atoms with Gasteiger partial charge in [0.15, 0.2) is 11.6 Å². The third-order valence-electron chi connectivity index (χ3n) is 5.93. The summed E-state index contributed by atoms with van der Waals surface area (Å²) in [7, 11) is -4.21. The molecule has 8 heteroatoms. The van der Waals surface area contributed by atoms with Crippen LogP contribution in [-0.2, 0) is 10.0 Å². The molecule has 0 spiro atoms. The van der Waals surface area contributed by atoms with Crippen LogP contribution < -0.4 is 0 Å². The summed E-state index contributed by atoms with van der Waals surface area (Å²) in [6.45, 7) is 0. The van der Waals surface area contributed by atoms with Crippen LogP contribution in [0.25, 0.3) is 22.2 Å². The highest BCUT2D eigenvalue weighted by Gasteiger charge is 2.30. The molecule has 6 nitrogen and oxygen atoms in total. The SMILES string of the molecule is O=C1c2ccccc2-c2nn(C(=NS(=O)(=O)c3ccc(F)cc3)c3ccccc3)c3cccc1c23. The zero-order valence-electron chi connectivity index (χ0n) is 18.1. The molecule has 1 aliphatic carbocycles. The standard InChI is InChI=1S/C27H16FN3O3S/c28-18-13-15-19(16-14-18)35(33,34)30-27(17-7-2-1-3-8-17)31-23-12-6-11-22-24(23)25(29-31)20-9-4-5-10-21(20)26(22)32/h1-16H. The van der Waals surface area contributed by atoms with E-state index in [9.17, 15) is 17.6 Å². The minimum atomic E-state index is -4.21. The number of benzene rings is 4. The van der Waals surface area contributed by atoms with Crippen molar-refractivity contribution >= 4 is 32.5 Å². The van der Waals surface area contributed by atoms with Crippen LogP contribution in [0.2, 0.25) is 0 Å². The summed E-state index contributed by atoms with van der Waals surface area (Å²) in [5, 5.41) is 5.41. The molecule has 0 fully saturated rings. The number of ketones is 1. The molecule has 1 aromatic heterocycles. The Morgan fingerprint density at radius 2 is 1.43 bits per heavy atom. The molecule has 0 unspecified atom stereocenters. The van der Waals surface area contributed by atoms with Gasteiger partial charge in [-0.1, -0.05) is 66.7 Å². The van der Waals surface area contributed by atoms with Crippen molar-refractivity contribution in [3.63, 3.8) is 0 Å². The van der Waals surface area contributed by atoms with Crippen LogP contribution in [0.15, 0.2) is 106 Å². The van der Waals surface area contributed by atoms with Gasteiger partial charge >= 0.3 is 0 Å². The molecule has 5 aromatic rings. The number of hydrogen-bond acceptors (Lipinski definition) is 4. The van der Waals surface area contributed by atoms with Crippen molar-refractivity contribution in [1.82, 2.24) is 9.78 Å². The van der Waals surface area contributed by atoms with Crippen LogP contribution in [0.3, 0.4) is 0 Å². The highest BCUT2D eigenvalue weighted by Crippen LogP contribution is 2.39. The Bertz CT molecular complexity index is 1770. The number of hydrogen-bond donors (Lipinski definition) is 0. The topological polar surface area (TPSA) is 81.4 Å². The Hall–Kier alpha value is -4.43. The van der Waals surface area contributed by atoms with E-state index in [1.54, 1.807) is 54.6 Å². The van der Waals surface area contributed by atoms with Gasteiger partial charge in [0.1, 0.15) is 11.5 Å². The fraction of sp³-hybridized carbons (Fsp3) is 0. The van der Waals surface area contributed by atoms with Gasteiger partial charge in [-0.3, -0.25) is 4.79 Å². The molecule has 0 aliphatic heterocycles. The smallest absolute Gasteiger partial charge is 0.284 e. The van der Waals surface area contributed by atoms with Crippen LogP contribution in [0, 0.1) is 5.82 Å². The minimum Gasteiger partial charge on any atom is -0.289 e. The molecule has 0 saturated carbocycles. The predicted octanol–water partition coefficient (Wildman–Crippen LogP) is 5.07. The third kappa shape index (κ3) is 3.38. The molecule has 0 N–H and O–H groups in total. The van der Waals surface area contributed by atoms with Crippen LogP contribution in [0.1, 0.15) is 21.5 Å². The van der Waals surface area contributed by atoms with Gasteiger partial charge in [0, 0.05) is 27.6 Å². The number of sulfonamides is 1. The molecule has 6 rings (SSSR count). The van der Waals surface area contributed by atoms with Crippen molar-refractivity contribution in [3.05, 3.63) is 120 Å². The second-order valence-electron chi connectivity index (χ2n) is 8.04. The van der Waals surface area contributed by atoms with Crippen LogP contribution >= 0.6 is 0 Å². The Kier molecular flexibility index (Phi) is 4.72. The first-order chi connectivity index (χ1) is 16.9. The van der Waals surface area contributed by atoms with E-state index in [1.807, 2.05) is 18.2 Å². The van der Waals surface area contributed by atoms with E-state index >= 15 is 0 Å². The summed E-state index contributed by atoms with van der Waals surface area (Å²) in [4.78, 5) is 13.0. The second kappa shape index (κ2) is 7.82. The van der Waals surface area contributed by atoms with E-state index in [2.05, 4.69) is 4.40 Å².